The molecule has 2 atom stereocenters. The van der Waals surface area contributed by atoms with Crippen LogP contribution in [0.2, 0.25) is 0 Å². The SMILES string of the molecule is CCC(C)C(=O)[C@@H](c1ccccc1)N1CCCCC1. The second-order valence-electron chi connectivity index (χ2n) is 5.62. The number of carbonyl (C=O) groups excluding carboxylic acids is 1. The number of hydrogen-bond acceptors (Lipinski definition) is 2. The number of nitrogens with zero attached hydrogens (tertiary/aromatic N) is 1. The number of Topliss-reactive ketones (excluding diaryl/α,β-unsaturated/α-hetero) is 1. The van der Waals surface area contributed by atoms with Crippen LogP contribution in [0.1, 0.15) is 51.1 Å². The molecule has 2 nitrogen and oxygen atoms in total. The molecule has 1 saturated heterocycles. The van der Waals surface area contributed by atoms with Crippen molar-refractivity contribution in [2.45, 2.75) is 45.6 Å². The predicted octanol–water partition coefficient (Wildman–Crippen LogP) is 3.83. The van der Waals surface area contributed by atoms with Gasteiger partial charge in [-0.1, -0.05) is 50.6 Å². The summed E-state index contributed by atoms with van der Waals surface area (Å²) in [5.74, 6) is 0.530. The monoisotopic (exact) mass is 259 g/mol. The first-order valence-corrected chi connectivity index (χ1v) is 7.56. The minimum Gasteiger partial charge on any atom is -0.297 e. The number of piperidine rings is 1. The first-order chi connectivity index (χ1) is 9.24. The van der Waals surface area contributed by atoms with Crippen LogP contribution < -0.4 is 0 Å². The van der Waals surface area contributed by atoms with Crippen LogP contribution in [0.15, 0.2) is 30.3 Å². The Bertz CT molecular complexity index is 395. The quantitative estimate of drug-likeness (QED) is 0.801. The standard InChI is InChI=1S/C17H25NO/c1-3-14(2)17(19)16(15-10-6-4-7-11-15)18-12-8-5-9-13-18/h4,6-7,10-11,14,16H,3,5,8-9,12-13H2,1-2H3/t14?,16-/m1/s1. The minimum atomic E-state index is -0.0311. The molecule has 0 aliphatic carbocycles. The van der Waals surface area contributed by atoms with Gasteiger partial charge in [-0.25, -0.2) is 0 Å². The lowest BCUT2D eigenvalue weighted by atomic mass is 9.90. The third-order valence-electron chi connectivity index (χ3n) is 4.24. The van der Waals surface area contributed by atoms with Gasteiger partial charge in [-0.05, 0) is 37.9 Å². The Kier molecular flexibility index (Phi) is 5.15. The molecule has 0 amide bonds. The number of carbonyl (C=O) groups is 1. The Labute approximate surface area is 116 Å². The van der Waals surface area contributed by atoms with E-state index in [1.54, 1.807) is 0 Å². The summed E-state index contributed by atoms with van der Waals surface area (Å²) in [6, 6.07) is 10.3. The van der Waals surface area contributed by atoms with Gasteiger partial charge in [0.25, 0.3) is 0 Å². The number of benzene rings is 1. The minimum absolute atomic E-state index is 0.0311. The van der Waals surface area contributed by atoms with E-state index in [0.29, 0.717) is 5.78 Å². The fraction of sp³-hybridized carbons (Fsp3) is 0.588. The van der Waals surface area contributed by atoms with Crippen molar-refractivity contribution >= 4 is 5.78 Å². The summed E-state index contributed by atoms with van der Waals surface area (Å²) in [6.45, 7) is 6.27. The maximum atomic E-state index is 12.7. The Balaban J connectivity index is 2.24. The van der Waals surface area contributed by atoms with Gasteiger partial charge in [0.15, 0.2) is 5.78 Å². The van der Waals surface area contributed by atoms with Crippen molar-refractivity contribution in [3.8, 4) is 0 Å². The summed E-state index contributed by atoms with van der Waals surface area (Å²) in [5.41, 5.74) is 1.16. The van der Waals surface area contributed by atoms with Crippen LogP contribution in [0, 0.1) is 5.92 Å². The van der Waals surface area contributed by atoms with E-state index in [0.717, 1.165) is 25.1 Å². The van der Waals surface area contributed by atoms with E-state index in [2.05, 4.69) is 30.9 Å². The fourth-order valence-corrected chi connectivity index (χ4v) is 2.84. The third-order valence-corrected chi connectivity index (χ3v) is 4.24. The maximum absolute atomic E-state index is 12.7. The fourth-order valence-electron chi connectivity index (χ4n) is 2.84. The second kappa shape index (κ2) is 6.85. The normalized spacial score (nSPS) is 19.9. The van der Waals surface area contributed by atoms with Crippen LogP contribution in [-0.2, 0) is 4.79 Å². The van der Waals surface area contributed by atoms with E-state index in [4.69, 9.17) is 0 Å². The number of ketones is 1. The average Bonchev–Trinajstić information content (AvgIpc) is 2.49. The van der Waals surface area contributed by atoms with E-state index < -0.39 is 0 Å². The molecule has 104 valence electrons. The molecule has 0 aromatic heterocycles. The van der Waals surface area contributed by atoms with Gasteiger partial charge in [-0.15, -0.1) is 0 Å². The molecule has 1 aliphatic heterocycles. The second-order valence-corrected chi connectivity index (χ2v) is 5.62. The van der Waals surface area contributed by atoms with Gasteiger partial charge in [0.2, 0.25) is 0 Å². The molecular formula is C17H25NO. The van der Waals surface area contributed by atoms with Crippen molar-refractivity contribution in [1.82, 2.24) is 4.90 Å². The zero-order valence-electron chi connectivity index (χ0n) is 12.1. The zero-order valence-corrected chi connectivity index (χ0v) is 12.1. The number of hydrogen-bond donors (Lipinski definition) is 0. The Morgan fingerprint density at radius 2 is 1.79 bits per heavy atom. The largest absolute Gasteiger partial charge is 0.297 e. The zero-order chi connectivity index (χ0) is 13.7. The summed E-state index contributed by atoms with van der Waals surface area (Å²) in [5, 5.41) is 0. The molecule has 1 unspecified atom stereocenters. The van der Waals surface area contributed by atoms with E-state index in [9.17, 15) is 4.79 Å². The van der Waals surface area contributed by atoms with Crippen molar-refractivity contribution < 1.29 is 4.79 Å². The first-order valence-electron chi connectivity index (χ1n) is 7.56. The van der Waals surface area contributed by atoms with Gasteiger partial charge in [0, 0.05) is 5.92 Å². The predicted molar refractivity (Wildman–Crippen MR) is 79.1 cm³/mol. The van der Waals surface area contributed by atoms with Gasteiger partial charge in [0.05, 0.1) is 6.04 Å². The topological polar surface area (TPSA) is 20.3 Å². The third kappa shape index (κ3) is 3.44. The lowest BCUT2D eigenvalue weighted by molar-refractivity contribution is -0.128. The summed E-state index contributed by atoms with van der Waals surface area (Å²) in [4.78, 5) is 15.1. The van der Waals surface area contributed by atoms with Crippen molar-refractivity contribution in [2.75, 3.05) is 13.1 Å². The number of rotatable bonds is 5. The smallest absolute Gasteiger partial charge is 0.157 e. The molecule has 2 rings (SSSR count). The molecule has 1 aromatic carbocycles. The molecule has 1 heterocycles. The molecule has 1 aliphatic rings. The van der Waals surface area contributed by atoms with E-state index in [1.165, 1.54) is 19.3 Å². The van der Waals surface area contributed by atoms with E-state index in [-0.39, 0.29) is 12.0 Å². The Hall–Kier alpha value is -1.15. The summed E-state index contributed by atoms with van der Waals surface area (Å²) in [7, 11) is 0. The van der Waals surface area contributed by atoms with Gasteiger partial charge in [-0.2, -0.15) is 0 Å². The van der Waals surface area contributed by atoms with Crippen LogP contribution in [0.4, 0.5) is 0 Å². The van der Waals surface area contributed by atoms with Gasteiger partial charge < -0.3 is 0 Å². The van der Waals surface area contributed by atoms with E-state index >= 15 is 0 Å². The van der Waals surface area contributed by atoms with Gasteiger partial charge in [-0.3, -0.25) is 9.69 Å². The molecule has 0 N–H and O–H groups in total. The van der Waals surface area contributed by atoms with Crippen LogP contribution >= 0.6 is 0 Å². The van der Waals surface area contributed by atoms with Crippen LogP contribution in [0.5, 0.6) is 0 Å². The number of likely N-dealkylation sites (tertiary alicyclic amines) is 1. The van der Waals surface area contributed by atoms with Gasteiger partial charge in [0.1, 0.15) is 0 Å². The highest BCUT2D eigenvalue weighted by Gasteiger charge is 2.30. The molecular weight excluding hydrogens is 234 g/mol. The maximum Gasteiger partial charge on any atom is 0.157 e. The Morgan fingerprint density at radius 1 is 1.16 bits per heavy atom. The van der Waals surface area contributed by atoms with E-state index in [1.807, 2.05) is 18.2 Å². The van der Waals surface area contributed by atoms with Crippen molar-refractivity contribution in [3.63, 3.8) is 0 Å². The molecule has 0 spiro atoms. The highest BCUT2D eigenvalue weighted by atomic mass is 16.1. The lowest BCUT2D eigenvalue weighted by Gasteiger charge is -2.35. The summed E-state index contributed by atoms with van der Waals surface area (Å²) in [6.07, 6.45) is 4.67. The lowest BCUT2D eigenvalue weighted by Crippen LogP contribution is -2.39. The van der Waals surface area contributed by atoms with Crippen molar-refractivity contribution in [2.24, 2.45) is 5.92 Å². The Morgan fingerprint density at radius 3 is 2.37 bits per heavy atom. The molecule has 2 heteroatoms. The first kappa shape index (κ1) is 14.3. The highest BCUT2D eigenvalue weighted by molar-refractivity contribution is 5.87. The summed E-state index contributed by atoms with van der Waals surface area (Å²) < 4.78 is 0. The molecule has 0 saturated carbocycles. The van der Waals surface area contributed by atoms with Crippen LogP contribution in [-0.4, -0.2) is 23.8 Å². The molecule has 0 bridgehead atoms. The van der Waals surface area contributed by atoms with Gasteiger partial charge >= 0.3 is 0 Å². The summed E-state index contributed by atoms with van der Waals surface area (Å²) >= 11 is 0. The van der Waals surface area contributed by atoms with Crippen LogP contribution in [0.25, 0.3) is 0 Å². The molecule has 1 aromatic rings. The molecule has 1 fully saturated rings. The molecule has 19 heavy (non-hydrogen) atoms. The highest BCUT2D eigenvalue weighted by Crippen LogP contribution is 2.28. The molecule has 0 radical (unpaired) electrons. The van der Waals surface area contributed by atoms with Crippen molar-refractivity contribution in [1.29, 1.82) is 0 Å². The van der Waals surface area contributed by atoms with Crippen LogP contribution in [0.3, 0.4) is 0 Å². The van der Waals surface area contributed by atoms with Crippen molar-refractivity contribution in [3.05, 3.63) is 35.9 Å². The average molecular weight is 259 g/mol.